The molecule has 1 aliphatic heterocycles. The fourth-order valence-electron chi connectivity index (χ4n) is 4.46. The average Bonchev–Trinajstić information content (AvgIpc) is 3.25. The molecule has 0 aliphatic carbocycles. The van der Waals surface area contributed by atoms with Gasteiger partial charge >= 0.3 is 0 Å². The van der Waals surface area contributed by atoms with Gasteiger partial charge in [0.2, 0.25) is 0 Å². The molecule has 4 aromatic rings. The molecule has 3 aromatic carbocycles. The third-order valence-corrected chi connectivity index (χ3v) is 6.02. The van der Waals surface area contributed by atoms with Crippen molar-refractivity contribution in [2.45, 2.75) is 6.04 Å². The van der Waals surface area contributed by atoms with Gasteiger partial charge in [0.05, 0.1) is 6.04 Å². The normalized spacial score (nSPS) is 15.9. The highest BCUT2D eigenvalue weighted by atomic mass is 16.1. The van der Waals surface area contributed by atoms with Crippen molar-refractivity contribution < 1.29 is 4.79 Å². The Morgan fingerprint density at radius 2 is 1.40 bits per heavy atom. The quantitative estimate of drug-likeness (QED) is 0.488. The van der Waals surface area contributed by atoms with Gasteiger partial charge in [0.25, 0.3) is 0 Å². The van der Waals surface area contributed by atoms with Crippen LogP contribution in [0.4, 0.5) is 5.69 Å². The summed E-state index contributed by atoms with van der Waals surface area (Å²) in [5.74, 6) is 0.159. The number of hydrogen-bond donors (Lipinski definition) is 1. The summed E-state index contributed by atoms with van der Waals surface area (Å²) in [4.78, 5) is 21.8. The molecule has 1 N–H and O–H groups in total. The third kappa shape index (κ3) is 3.51. The number of anilines is 1. The molecule has 1 saturated heterocycles. The van der Waals surface area contributed by atoms with Crippen LogP contribution in [-0.2, 0) is 0 Å². The van der Waals surface area contributed by atoms with Crippen molar-refractivity contribution in [3.8, 4) is 0 Å². The maximum absolute atomic E-state index is 13.8. The third-order valence-electron chi connectivity index (χ3n) is 6.02. The summed E-state index contributed by atoms with van der Waals surface area (Å²) in [6, 6.07) is 28.4. The van der Waals surface area contributed by atoms with Crippen LogP contribution in [0.5, 0.6) is 0 Å². The molecule has 1 aromatic heterocycles. The number of Topliss-reactive ketones (excluding diaryl/α,β-unsaturated/α-hetero) is 1. The number of aromatic nitrogens is 1. The topological polar surface area (TPSA) is 39.3 Å². The maximum atomic E-state index is 13.8. The molecular weight excluding hydrogens is 370 g/mol. The molecule has 0 radical (unpaired) electrons. The molecule has 1 aliphatic rings. The zero-order valence-corrected chi connectivity index (χ0v) is 16.9. The summed E-state index contributed by atoms with van der Waals surface area (Å²) in [5.41, 5.74) is 4.07. The summed E-state index contributed by atoms with van der Waals surface area (Å²) >= 11 is 0. The Morgan fingerprint density at radius 1 is 0.767 bits per heavy atom. The number of carbonyl (C=O) groups excluding carboxylic acids is 1. The number of fused-ring (bicyclic) bond motifs is 1. The van der Waals surface area contributed by atoms with Crippen LogP contribution < -0.4 is 4.90 Å². The van der Waals surface area contributed by atoms with E-state index in [-0.39, 0.29) is 11.8 Å². The van der Waals surface area contributed by atoms with Crippen LogP contribution in [-0.4, -0.2) is 41.8 Å². The molecule has 30 heavy (non-hydrogen) atoms. The van der Waals surface area contributed by atoms with E-state index in [9.17, 15) is 4.79 Å². The second-order valence-corrected chi connectivity index (χ2v) is 7.78. The van der Waals surface area contributed by atoms with Gasteiger partial charge in [-0.05, 0) is 23.8 Å². The number of aromatic amines is 1. The van der Waals surface area contributed by atoms with Gasteiger partial charge in [-0.25, -0.2) is 0 Å². The van der Waals surface area contributed by atoms with Crippen LogP contribution in [0.3, 0.4) is 0 Å². The Balaban J connectivity index is 1.44. The number of benzene rings is 3. The van der Waals surface area contributed by atoms with E-state index >= 15 is 0 Å². The van der Waals surface area contributed by atoms with Crippen molar-refractivity contribution in [2.75, 3.05) is 31.1 Å². The molecule has 1 atom stereocenters. The molecule has 2 heterocycles. The van der Waals surface area contributed by atoms with Gasteiger partial charge in [-0.1, -0.05) is 66.7 Å². The van der Waals surface area contributed by atoms with Crippen molar-refractivity contribution in [1.29, 1.82) is 0 Å². The molecule has 0 bridgehead atoms. The zero-order valence-electron chi connectivity index (χ0n) is 16.9. The zero-order chi connectivity index (χ0) is 20.3. The highest BCUT2D eigenvalue weighted by Crippen LogP contribution is 2.30. The number of ketones is 1. The lowest BCUT2D eigenvalue weighted by atomic mass is 9.95. The smallest absolute Gasteiger partial charge is 0.186 e. The summed E-state index contributed by atoms with van der Waals surface area (Å²) < 4.78 is 0. The van der Waals surface area contributed by atoms with E-state index in [0.29, 0.717) is 0 Å². The molecular formula is C26H25N3O. The van der Waals surface area contributed by atoms with E-state index in [2.05, 4.69) is 51.2 Å². The first-order valence-electron chi connectivity index (χ1n) is 10.5. The Bertz CT molecular complexity index is 1130. The van der Waals surface area contributed by atoms with E-state index < -0.39 is 0 Å². The van der Waals surface area contributed by atoms with Gasteiger partial charge < -0.3 is 9.88 Å². The lowest BCUT2D eigenvalue weighted by Crippen LogP contribution is -2.49. The van der Waals surface area contributed by atoms with E-state index in [1.165, 1.54) is 5.69 Å². The lowest BCUT2D eigenvalue weighted by Gasteiger charge is -2.39. The summed E-state index contributed by atoms with van der Waals surface area (Å²) in [7, 11) is 0. The van der Waals surface area contributed by atoms with Crippen LogP contribution in [0.15, 0.2) is 91.1 Å². The second kappa shape index (κ2) is 8.17. The van der Waals surface area contributed by atoms with Crippen molar-refractivity contribution in [2.24, 2.45) is 0 Å². The van der Waals surface area contributed by atoms with Crippen LogP contribution in [0.1, 0.15) is 22.0 Å². The van der Waals surface area contributed by atoms with Gasteiger partial charge in [-0.15, -0.1) is 0 Å². The first-order valence-corrected chi connectivity index (χ1v) is 10.5. The van der Waals surface area contributed by atoms with Gasteiger partial charge in [-0.2, -0.15) is 0 Å². The minimum atomic E-state index is -0.275. The SMILES string of the molecule is O=C(c1c[nH]c2ccccc12)[C@H](c1ccccc1)N1CCN(c2ccccc2)CC1. The van der Waals surface area contributed by atoms with Gasteiger partial charge in [-0.3, -0.25) is 9.69 Å². The van der Waals surface area contributed by atoms with Gasteiger partial charge in [0.15, 0.2) is 5.78 Å². The minimum absolute atomic E-state index is 0.159. The number of hydrogen-bond acceptors (Lipinski definition) is 3. The van der Waals surface area contributed by atoms with Crippen LogP contribution in [0.2, 0.25) is 0 Å². The van der Waals surface area contributed by atoms with Crippen LogP contribution in [0, 0.1) is 0 Å². The van der Waals surface area contributed by atoms with E-state index in [1.807, 2.05) is 54.7 Å². The number of H-pyrrole nitrogens is 1. The molecule has 150 valence electrons. The Kier molecular flexibility index (Phi) is 5.08. The number of para-hydroxylation sites is 2. The lowest BCUT2D eigenvalue weighted by molar-refractivity contribution is 0.0808. The first kappa shape index (κ1) is 18.6. The first-order chi connectivity index (χ1) is 14.8. The molecule has 1 fully saturated rings. The second-order valence-electron chi connectivity index (χ2n) is 7.78. The fourth-order valence-corrected chi connectivity index (χ4v) is 4.46. The Hall–Kier alpha value is -3.37. The Labute approximate surface area is 176 Å². The average molecular weight is 396 g/mol. The van der Waals surface area contributed by atoms with Gasteiger partial charge in [0, 0.05) is 54.5 Å². The monoisotopic (exact) mass is 395 g/mol. The summed E-state index contributed by atoms with van der Waals surface area (Å²) in [5, 5.41) is 0.992. The minimum Gasteiger partial charge on any atom is -0.369 e. The summed E-state index contributed by atoms with van der Waals surface area (Å²) in [6.45, 7) is 3.52. The van der Waals surface area contributed by atoms with Crippen LogP contribution >= 0.6 is 0 Å². The maximum Gasteiger partial charge on any atom is 0.186 e. The van der Waals surface area contributed by atoms with Crippen molar-refractivity contribution in [3.05, 3.63) is 102 Å². The molecule has 5 rings (SSSR count). The standard InChI is InChI=1S/C26H25N3O/c30-26(23-19-27-24-14-8-7-13-22(23)24)25(20-9-3-1-4-10-20)29-17-15-28(16-18-29)21-11-5-2-6-12-21/h1-14,19,25,27H,15-18H2/t25-/m0/s1. The number of piperazine rings is 1. The Morgan fingerprint density at radius 3 is 2.13 bits per heavy atom. The van der Waals surface area contributed by atoms with Crippen molar-refractivity contribution in [3.63, 3.8) is 0 Å². The number of rotatable bonds is 5. The number of nitrogens with one attached hydrogen (secondary N) is 1. The highest BCUT2D eigenvalue weighted by Gasteiger charge is 2.32. The number of nitrogens with zero attached hydrogens (tertiary/aromatic N) is 2. The molecule has 0 spiro atoms. The van der Waals surface area contributed by atoms with Crippen LogP contribution in [0.25, 0.3) is 10.9 Å². The summed E-state index contributed by atoms with van der Waals surface area (Å²) in [6.07, 6.45) is 1.86. The highest BCUT2D eigenvalue weighted by molar-refractivity contribution is 6.10. The molecule has 4 nitrogen and oxygen atoms in total. The molecule has 0 amide bonds. The molecule has 0 unspecified atom stereocenters. The largest absolute Gasteiger partial charge is 0.369 e. The predicted octanol–water partition coefficient (Wildman–Crippen LogP) is 4.91. The predicted molar refractivity (Wildman–Crippen MR) is 122 cm³/mol. The van der Waals surface area contributed by atoms with Crippen molar-refractivity contribution in [1.82, 2.24) is 9.88 Å². The van der Waals surface area contributed by atoms with Crippen molar-refractivity contribution >= 4 is 22.4 Å². The van der Waals surface area contributed by atoms with E-state index in [1.54, 1.807) is 0 Å². The molecule has 0 saturated carbocycles. The molecule has 4 heteroatoms. The number of carbonyl (C=O) groups is 1. The van der Waals surface area contributed by atoms with E-state index in [4.69, 9.17) is 0 Å². The van der Waals surface area contributed by atoms with E-state index in [0.717, 1.165) is 48.2 Å². The fraction of sp³-hybridized carbons (Fsp3) is 0.192. The van der Waals surface area contributed by atoms with Gasteiger partial charge in [0.1, 0.15) is 0 Å².